The average molecular weight is 443 g/mol. The van der Waals surface area contributed by atoms with E-state index in [0.717, 1.165) is 15.4 Å². The molecule has 0 spiro atoms. The third kappa shape index (κ3) is 3.73. The second kappa shape index (κ2) is 8.20. The third-order valence-electron chi connectivity index (χ3n) is 5.23. The van der Waals surface area contributed by atoms with E-state index in [1.807, 2.05) is 54.6 Å². The Kier molecular flexibility index (Phi) is 5.62. The number of nitrogens with one attached hydrogen (secondary N) is 1. The molecule has 0 saturated carbocycles. The summed E-state index contributed by atoms with van der Waals surface area (Å²) in [5.41, 5.74) is 4.49. The van der Waals surface area contributed by atoms with Crippen LogP contribution in [0.3, 0.4) is 0 Å². The summed E-state index contributed by atoms with van der Waals surface area (Å²) in [6, 6.07) is 20.0. The summed E-state index contributed by atoms with van der Waals surface area (Å²) in [6.07, 6.45) is 0.156. The molecule has 6 nitrogen and oxygen atoms in total. The molecule has 0 radical (unpaired) electrons. The van der Waals surface area contributed by atoms with Gasteiger partial charge in [-0.15, -0.1) is 0 Å². The normalized spacial score (nSPS) is 16.7. The SMILES string of the molecule is O=C(NO)[C@H]1Cc2ccccc2CN1S(=O)(=O)c1cc(Cl)ccc1-c1ccccc1. The Morgan fingerprint density at radius 3 is 2.37 bits per heavy atom. The van der Waals surface area contributed by atoms with E-state index in [0.29, 0.717) is 11.1 Å². The standard InChI is InChI=1S/C22H19ClN2O4S/c23-18-10-11-19(15-6-2-1-3-7-15)21(13-18)30(28,29)25-14-17-9-5-4-8-16(17)12-20(25)22(26)24-27/h1-11,13,20,27H,12,14H2,(H,24,26)/t20-/m1/s1. The van der Waals surface area contributed by atoms with Crippen LogP contribution in [0.1, 0.15) is 11.1 Å². The Labute approximate surface area is 179 Å². The number of hydrogen-bond donors (Lipinski definition) is 2. The van der Waals surface area contributed by atoms with Gasteiger partial charge in [0.2, 0.25) is 10.0 Å². The number of halogens is 1. The van der Waals surface area contributed by atoms with E-state index in [1.54, 1.807) is 17.6 Å². The average Bonchev–Trinajstić information content (AvgIpc) is 2.78. The highest BCUT2D eigenvalue weighted by molar-refractivity contribution is 7.89. The Bertz CT molecular complexity index is 1200. The number of amides is 1. The predicted molar refractivity (Wildman–Crippen MR) is 113 cm³/mol. The number of hydrogen-bond acceptors (Lipinski definition) is 4. The van der Waals surface area contributed by atoms with Gasteiger partial charge in [-0.3, -0.25) is 10.0 Å². The second-order valence-electron chi connectivity index (χ2n) is 7.02. The van der Waals surface area contributed by atoms with Crippen LogP contribution in [0.25, 0.3) is 11.1 Å². The van der Waals surface area contributed by atoms with Crippen molar-refractivity contribution < 1.29 is 18.4 Å². The van der Waals surface area contributed by atoms with Crippen molar-refractivity contribution in [1.82, 2.24) is 9.79 Å². The number of benzene rings is 3. The highest BCUT2D eigenvalue weighted by atomic mass is 35.5. The number of fused-ring (bicyclic) bond motifs is 1. The third-order valence-corrected chi connectivity index (χ3v) is 7.36. The smallest absolute Gasteiger partial charge is 0.262 e. The topological polar surface area (TPSA) is 86.7 Å². The van der Waals surface area contributed by atoms with Crippen molar-refractivity contribution in [3.63, 3.8) is 0 Å². The lowest BCUT2D eigenvalue weighted by atomic mass is 9.95. The van der Waals surface area contributed by atoms with Crippen molar-refractivity contribution in [2.24, 2.45) is 0 Å². The van der Waals surface area contributed by atoms with Crippen LogP contribution in [-0.4, -0.2) is 29.9 Å². The maximum Gasteiger partial charge on any atom is 0.262 e. The van der Waals surface area contributed by atoms with E-state index < -0.39 is 22.0 Å². The number of nitrogens with zero attached hydrogens (tertiary/aromatic N) is 1. The van der Waals surface area contributed by atoms with E-state index in [9.17, 15) is 18.4 Å². The van der Waals surface area contributed by atoms with Crippen LogP contribution in [0.15, 0.2) is 77.7 Å². The molecule has 1 aliphatic heterocycles. The highest BCUT2D eigenvalue weighted by Gasteiger charge is 2.40. The number of carbonyl (C=O) groups is 1. The van der Waals surface area contributed by atoms with Crippen molar-refractivity contribution in [3.8, 4) is 11.1 Å². The Morgan fingerprint density at radius 2 is 1.67 bits per heavy atom. The lowest BCUT2D eigenvalue weighted by Gasteiger charge is -2.35. The summed E-state index contributed by atoms with van der Waals surface area (Å²) >= 11 is 6.15. The van der Waals surface area contributed by atoms with E-state index in [1.165, 1.54) is 6.07 Å². The molecular weight excluding hydrogens is 424 g/mol. The first-order valence-electron chi connectivity index (χ1n) is 9.29. The fourth-order valence-corrected chi connectivity index (χ4v) is 5.79. The first kappa shape index (κ1) is 20.6. The van der Waals surface area contributed by atoms with Gasteiger partial charge < -0.3 is 0 Å². The zero-order valence-corrected chi connectivity index (χ0v) is 17.4. The van der Waals surface area contributed by atoms with Gasteiger partial charge in [-0.25, -0.2) is 13.9 Å². The zero-order chi connectivity index (χ0) is 21.3. The molecular formula is C22H19ClN2O4S. The van der Waals surface area contributed by atoms with Gasteiger partial charge in [0.1, 0.15) is 6.04 Å². The molecule has 1 heterocycles. The molecule has 1 amide bonds. The van der Waals surface area contributed by atoms with Gasteiger partial charge in [0.05, 0.1) is 4.90 Å². The van der Waals surface area contributed by atoms with Crippen molar-refractivity contribution in [2.75, 3.05) is 0 Å². The molecule has 3 aromatic carbocycles. The van der Waals surface area contributed by atoms with E-state index in [-0.39, 0.29) is 22.9 Å². The molecule has 0 fully saturated rings. The fourth-order valence-electron chi connectivity index (χ4n) is 3.74. The summed E-state index contributed by atoms with van der Waals surface area (Å²) in [4.78, 5) is 12.4. The minimum absolute atomic E-state index is 0.0105. The van der Waals surface area contributed by atoms with Crippen molar-refractivity contribution >= 4 is 27.5 Å². The van der Waals surface area contributed by atoms with Gasteiger partial charge in [0, 0.05) is 17.1 Å². The largest absolute Gasteiger partial charge is 0.289 e. The van der Waals surface area contributed by atoms with Crippen LogP contribution in [0.4, 0.5) is 0 Å². The summed E-state index contributed by atoms with van der Waals surface area (Å²) in [5, 5.41) is 9.50. The summed E-state index contributed by atoms with van der Waals surface area (Å²) < 4.78 is 28.7. The molecule has 0 unspecified atom stereocenters. The van der Waals surface area contributed by atoms with Gasteiger partial charge in [0.25, 0.3) is 5.91 Å². The maximum absolute atomic E-state index is 13.8. The van der Waals surface area contributed by atoms with Crippen molar-refractivity contribution in [2.45, 2.75) is 23.9 Å². The Balaban J connectivity index is 1.87. The second-order valence-corrected chi connectivity index (χ2v) is 9.32. The lowest BCUT2D eigenvalue weighted by Crippen LogP contribution is -2.51. The van der Waals surface area contributed by atoms with Crippen LogP contribution in [0.2, 0.25) is 5.02 Å². The molecule has 154 valence electrons. The number of carbonyl (C=O) groups excluding carboxylic acids is 1. The minimum Gasteiger partial charge on any atom is -0.289 e. The molecule has 2 N–H and O–H groups in total. The molecule has 0 aliphatic carbocycles. The number of rotatable bonds is 4. The molecule has 1 aliphatic rings. The van der Waals surface area contributed by atoms with Gasteiger partial charge in [-0.1, -0.05) is 72.3 Å². The van der Waals surface area contributed by atoms with Gasteiger partial charge in [-0.2, -0.15) is 4.31 Å². The van der Waals surface area contributed by atoms with Crippen molar-refractivity contribution in [1.29, 1.82) is 0 Å². The van der Waals surface area contributed by atoms with Crippen LogP contribution in [0.5, 0.6) is 0 Å². The van der Waals surface area contributed by atoms with Crippen LogP contribution >= 0.6 is 11.6 Å². The van der Waals surface area contributed by atoms with Gasteiger partial charge >= 0.3 is 0 Å². The monoisotopic (exact) mass is 442 g/mol. The van der Waals surface area contributed by atoms with E-state index in [2.05, 4.69) is 0 Å². The maximum atomic E-state index is 13.8. The summed E-state index contributed by atoms with van der Waals surface area (Å²) in [5.74, 6) is -0.781. The molecule has 1 atom stereocenters. The predicted octanol–water partition coefficient (Wildman–Crippen LogP) is 3.63. The zero-order valence-electron chi connectivity index (χ0n) is 15.8. The Hall–Kier alpha value is -2.71. The molecule has 30 heavy (non-hydrogen) atoms. The van der Waals surface area contributed by atoms with E-state index in [4.69, 9.17) is 11.6 Å². The Morgan fingerprint density at radius 1 is 1.00 bits per heavy atom. The lowest BCUT2D eigenvalue weighted by molar-refractivity contribution is -0.133. The number of hydroxylamine groups is 1. The molecule has 8 heteroatoms. The van der Waals surface area contributed by atoms with Gasteiger partial charge in [-0.05, 0) is 35.2 Å². The highest BCUT2D eigenvalue weighted by Crippen LogP contribution is 2.35. The van der Waals surface area contributed by atoms with E-state index >= 15 is 0 Å². The van der Waals surface area contributed by atoms with Crippen LogP contribution < -0.4 is 5.48 Å². The van der Waals surface area contributed by atoms with Crippen molar-refractivity contribution in [3.05, 3.63) is 88.9 Å². The quantitative estimate of drug-likeness (QED) is 0.477. The number of sulfonamides is 1. The summed E-state index contributed by atoms with van der Waals surface area (Å²) in [6.45, 7) is 0.0112. The minimum atomic E-state index is -4.13. The molecule has 4 rings (SSSR count). The molecule has 0 aromatic heterocycles. The van der Waals surface area contributed by atoms with Crippen LogP contribution in [-0.2, 0) is 27.8 Å². The fraction of sp³-hybridized carbons (Fsp3) is 0.136. The molecule has 0 bridgehead atoms. The van der Waals surface area contributed by atoms with Gasteiger partial charge in [0.15, 0.2) is 0 Å². The van der Waals surface area contributed by atoms with Crippen LogP contribution in [0, 0.1) is 0 Å². The summed E-state index contributed by atoms with van der Waals surface area (Å²) in [7, 11) is -4.13. The molecule has 0 saturated heterocycles. The first-order chi connectivity index (χ1) is 14.4. The molecule has 3 aromatic rings. The first-order valence-corrected chi connectivity index (χ1v) is 11.1.